The van der Waals surface area contributed by atoms with Gasteiger partial charge in [-0.05, 0) is 35.4 Å². The van der Waals surface area contributed by atoms with Crippen LogP contribution < -0.4 is 10.2 Å². The van der Waals surface area contributed by atoms with Gasteiger partial charge in [0.05, 0.1) is 11.4 Å². The first-order valence-electron chi connectivity index (χ1n) is 12.5. The van der Waals surface area contributed by atoms with Gasteiger partial charge in [-0.1, -0.05) is 96.7 Å². The van der Waals surface area contributed by atoms with Crippen molar-refractivity contribution in [2.45, 2.75) is 29.3 Å². The third kappa shape index (κ3) is 6.05. The van der Waals surface area contributed by atoms with E-state index in [-0.39, 0.29) is 5.91 Å². The molecule has 5 rings (SSSR count). The van der Waals surface area contributed by atoms with E-state index in [0.717, 1.165) is 47.3 Å². The Labute approximate surface area is 218 Å². The van der Waals surface area contributed by atoms with E-state index in [4.69, 9.17) is 0 Å². The molecule has 0 fully saturated rings. The smallest absolute Gasteiger partial charge is 0.232 e. The highest BCUT2D eigenvalue weighted by Crippen LogP contribution is 2.47. The molecule has 36 heavy (non-hydrogen) atoms. The molecular weight excluding hydrogens is 462 g/mol. The molecule has 0 bridgehead atoms. The Balaban J connectivity index is 1.17. The van der Waals surface area contributed by atoms with E-state index in [9.17, 15) is 4.79 Å². The minimum Gasteiger partial charge on any atom is -0.315 e. The quantitative estimate of drug-likeness (QED) is 0.256. The number of anilines is 2. The highest BCUT2D eigenvalue weighted by atomic mass is 32.2. The van der Waals surface area contributed by atoms with Crippen molar-refractivity contribution in [3.8, 4) is 0 Å². The van der Waals surface area contributed by atoms with Crippen LogP contribution in [0.5, 0.6) is 0 Å². The summed E-state index contributed by atoms with van der Waals surface area (Å²) in [6, 6.07) is 37.5. The average molecular weight is 494 g/mol. The zero-order valence-corrected chi connectivity index (χ0v) is 21.2. The van der Waals surface area contributed by atoms with Crippen molar-refractivity contribution in [1.29, 1.82) is 0 Å². The number of para-hydroxylation sites is 2. The highest BCUT2D eigenvalue weighted by Gasteiger charge is 2.27. The second kappa shape index (κ2) is 12.0. The molecule has 0 aromatic heterocycles. The maximum Gasteiger partial charge on any atom is 0.232 e. The fourth-order valence-electron chi connectivity index (χ4n) is 4.54. The van der Waals surface area contributed by atoms with Gasteiger partial charge in [-0.2, -0.15) is 0 Å². The van der Waals surface area contributed by atoms with Gasteiger partial charge in [0.1, 0.15) is 0 Å². The fraction of sp³-hybridized carbons (Fsp3) is 0.194. The van der Waals surface area contributed by atoms with Crippen LogP contribution in [0.15, 0.2) is 119 Å². The van der Waals surface area contributed by atoms with Gasteiger partial charge < -0.3 is 5.32 Å². The summed E-state index contributed by atoms with van der Waals surface area (Å²) < 4.78 is 0. The summed E-state index contributed by atoms with van der Waals surface area (Å²) in [5.74, 6) is 0.119. The van der Waals surface area contributed by atoms with Crippen LogP contribution in [0.25, 0.3) is 0 Å². The molecule has 5 heteroatoms. The van der Waals surface area contributed by atoms with Crippen LogP contribution in [0.2, 0.25) is 0 Å². The number of rotatable bonds is 10. The van der Waals surface area contributed by atoms with E-state index >= 15 is 0 Å². The maximum absolute atomic E-state index is 13.4. The number of amides is 1. The van der Waals surface area contributed by atoms with E-state index in [1.165, 1.54) is 11.1 Å². The van der Waals surface area contributed by atoms with Crippen molar-refractivity contribution in [3.05, 3.63) is 120 Å². The lowest BCUT2D eigenvalue weighted by Gasteiger charge is -2.31. The Morgan fingerprint density at radius 3 is 1.72 bits per heavy atom. The van der Waals surface area contributed by atoms with Gasteiger partial charge >= 0.3 is 0 Å². The van der Waals surface area contributed by atoms with Crippen LogP contribution in [0.3, 0.4) is 0 Å². The molecule has 1 amide bonds. The molecular formula is C31H31N3OS. The van der Waals surface area contributed by atoms with Crippen molar-refractivity contribution in [3.63, 3.8) is 0 Å². The van der Waals surface area contributed by atoms with Gasteiger partial charge in [-0.25, -0.2) is 0 Å². The van der Waals surface area contributed by atoms with Gasteiger partial charge in [0.2, 0.25) is 5.91 Å². The van der Waals surface area contributed by atoms with Crippen LogP contribution >= 0.6 is 11.8 Å². The number of carbonyl (C=O) groups is 1. The molecule has 1 aliphatic heterocycles. The van der Waals surface area contributed by atoms with E-state index in [0.29, 0.717) is 13.0 Å². The van der Waals surface area contributed by atoms with Crippen molar-refractivity contribution < 1.29 is 4.79 Å². The summed E-state index contributed by atoms with van der Waals surface area (Å²) in [7, 11) is 0. The standard InChI is InChI=1S/C31H31N3OS/c35-31(34-27-15-7-9-17-29(27)36-30-18-10-8-16-28(30)34)19-20-32-21-22-33(23-25-11-3-1-4-12-25)24-26-13-5-2-6-14-26/h1-18,32H,19-24H2. The minimum atomic E-state index is 0.119. The Morgan fingerprint density at radius 2 is 1.17 bits per heavy atom. The molecule has 4 nitrogen and oxygen atoms in total. The molecule has 0 unspecified atom stereocenters. The van der Waals surface area contributed by atoms with Crippen molar-refractivity contribution in [1.82, 2.24) is 10.2 Å². The topological polar surface area (TPSA) is 35.6 Å². The van der Waals surface area contributed by atoms with Gasteiger partial charge in [0.15, 0.2) is 0 Å². The predicted molar refractivity (Wildman–Crippen MR) is 149 cm³/mol. The molecule has 0 radical (unpaired) electrons. The molecule has 182 valence electrons. The summed E-state index contributed by atoms with van der Waals surface area (Å²) in [6.45, 7) is 4.18. The fourth-order valence-corrected chi connectivity index (χ4v) is 5.60. The van der Waals surface area contributed by atoms with Gasteiger partial charge in [0.25, 0.3) is 0 Å². The highest BCUT2D eigenvalue weighted by molar-refractivity contribution is 7.99. The Kier molecular flexibility index (Phi) is 8.13. The number of nitrogens with one attached hydrogen (secondary N) is 1. The van der Waals surface area contributed by atoms with Crippen molar-refractivity contribution in [2.75, 3.05) is 24.5 Å². The van der Waals surface area contributed by atoms with Crippen LogP contribution in [-0.4, -0.2) is 30.4 Å². The second-order valence-corrected chi connectivity index (χ2v) is 10.0. The summed E-state index contributed by atoms with van der Waals surface area (Å²) >= 11 is 1.73. The molecule has 4 aromatic rings. The summed E-state index contributed by atoms with van der Waals surface area (Å²) in [5, 5.41) is 3.51. The Morgan fingerprint density at radius 1 is 0.667 bits per heavy atom. The number of hydrogen-bond donors (Lipinski definition) is 1. The summed E-state index contributed by atoms with van der Waals surface area (Å²) in [6.07, 6.45) is 0.449. The molecule has 0 aliphatic carbocycles. The largest absolute Gasteiger partial charge is 0.315 e. The Hall–Kier alpha value is -3.38. The van der Waals surface area contributed by atoms with Crippen LogP contribution in [0.1, 0.15) is 17.5 Å². The SMILES string of the molecule is O=C(CCNCCN(Cc1ccccc1)Cc1ccccc1)N1c2ccccc2Sc2ccccc21. The summed E-state index contributed by atoms with van der Waals surface area (Å²) in [4.78, 5) is 20.0. The van der Waals surface area contributed by atoms with E-state index in [2.05, 4.69) is 83.0 Å². The van der Waals surface area contributed by atoms with Crippen LogP contribution in [0, 0.1) is 0 Å². The lowest BCUT2D eigenvalue weighted by atomic mass is 10.1. The molecule has 0 atom stereocenters. The molecule has 4 aromatic carbocycles. The number of fused-ring (bicyclic) bond motifs is 2. The normalized spacial score (nSPS) is 12.3. The average Bonchev–Trinajstić information content (AvgIpc) is 2.92. The number of nitrogens with zero attached hydrogens (tertiary/aromatic N) is 2. The van der Waals surface area contributed by atoms with Gasteiger partial charge in [0, 0.05) is 48.9 Å². The molecule has 1 aliphatic rings. The van der Waals surface area contributed by atoms with Gasteiger partial charge in [-0.3, -0.25) is 14.6 Å². The van der Waals surface area contributed by atoms with Gasteiger partial charge in [-0.15, -0.1) is 0 Å². The number of hydrogen-bond acceptors (Lipinski definition) is 4. The zero-order valence-electron chi connectivity index (χ0n) is 20.3. The predicted octanol–water partition coefficient (Wildman–Crippen LogP) is 6.50. The van der Waals surface area contributed by atoms with Crippen molar-refractivity contribution >= 4 is 29.0 Å². The first-order chi connectivity index (χ1) is 17.8. The van der Waals surface area contributed by atoms with E-state index in [1.807, 2.05) is 41.3 Å². The Bertz CT molecular complexity index is 1190. The van der Waals surface area contributed by atoms with Crippen LogP contribution in [-0.2, 0) is 17.9 Å². The molecule has 1 heterocycles. The maximum atomic E-state index is 13.4. The molecule has 0 saturated heterocycles. The van der Waals surface area contributed by atoms with E-state index < -0.39 is 0 Å². The lowest BCUT2D eigenvalue weighted by Crippen LogP contribution is -2.34. The lowest BCUT2D eigenvalue weighted by molar-refractivity contribution is -0.117. The van der Waals surface area contributed by atoms with E-state index in [1.54, 1.807) is 11.8 Å². The third-order valence-electron chi connectivity index (χ3n) is 6.30. The first kappa shape index (κ1) is 24.3. The molecule has 0 saturated carbocycles. The molecule has 0 spiro atoms. The minimum absolute atomic E-state index is 0.119. The number of benzene rings is 4. The van der Waals surface area contributed by atoms with Crippen LogP contribution in [0.4, 0.5) is 11.4 Å². The molecule has 1 N–H and O–H groups in total. The van der Waals surface area contributed by atoms with Crippen molar-refractivity contribution in [2.24, 2.45) is 0 Å². The zero-order chi connectivity index (χ0) is 24.6. The third-order valence-corrected chi connectivity index (χ3v) is 7.43. The summed E-state index contributed by atoms with van der Waals surface area (Å²) in [5.41, 5.74) is 4.57. The first-order valence-corrected chi connectivity index (χ1v) is 13.3. The monoisotopic (exact) mass is 493 g/mol. The second-order valence-electron chi connectivity index (χ2n) is 8.95. The number of carbonyl (C=O) groups excluding carboxylic acids is 1.